The molecule has 1 atom stereocenters. The van der Waals surface area contributed by atoms with Crippen molar-refractivity contribution in [3.63, 3.8) is 0 Å². The van der Waals surface area contributed by atoms with Gasteiger partial charge in [0.05, 0.1) is 16.7 Å². The van der Waals surface area contributed by atoms with E-state index in [0.717, 1.165) is 18.4 Å². The van der Waals surface area contributed by atoms with Crippen LogP contribution in [0.5, 0.6) is 5.88 Å². The lowest BCUT2D eigenvalue weighted by Gasteiger charge is -2.15. The molecule has 2 aromatic heterocycles. The van der Waals surface area contributed by atoms with Crippen LogP contribution in [0, 0.1) is 5.92 Å². The van der Waals surface area contributed by atoms with Gasteiger partial charge in [-0.1, -0.05) is 140 Å². The van der Waals surface area contributed by atoms with E-state index in [4.69, 9.17) is 32.7 Å². The number of nitrogens with one attached hydrogen (secondary N) is 1. The number of ether oxygens (including phenoxy) is 2. The maximum Gasteiger partial charge on any atom is 0.331 e. The third-order valence-electron chi connectivity index (χ3n) is 7.86. The van der Waals surface area contributed by atoms with Gasteiger partial charge in [0.25, 0.3) is 0 Å². The predicted molar refractivity (Wildman–Crippen MR) is 181 cm³/mol. The van der Waals surface area contributed by atoms with Gasteiger partial charge < -0.3 is 9.47 Å². The Kier molecular flexibility index (Phi) is 16.7. The summed E-state index contributed by atoms with van der Waals surface area (Å²) in [5.41, 5.74) is 1.31. The molecule has 1 N–H and O–H groups in total. The molecule has 10 heteroatoms. The average Bonchev–Trinajstić information content (AvgIpc) is 3.59. The van der Waals surface area contributed by atoms with E-state index in [9.17, 15) is 4.79 Å². The van der Waals surface area contributed by atoms with Crippen LogP contribution in [-0.2, 0) is 9.53 Å². The van der Waals surface area contributed by atoms with Crippen molar-refractivity contribution >= 4 is 41.2 Å². The number of aromatic amines is 1. The normalized spacial score (nSPS) is 12.5. The van der Waals surface area contributed by atoms with Crippen molar-refractivity contribution < 1.29 is 14.3 Å². The number of carbonyl (C=O) groups excluding carboxylic acids is 1. The Morgan fingerprint density at radius 2 is 1.45 bits per heavy atom. The Morgan fingerprint density at radius 1 is 0.864 bits per heavy atom. The van der Waals surface area contributed by atoms with Crippen molar-refractivity contribution in [2.24, 2.45) is 10.9 Å². The van der Waals surface area contributed by atoms with Gasteiger partial charge in [-0.3, -0.25) is 5.10 Å². The highest BCUT2D eigenvalue weighted by Gasteiger charge is 2.22. The zero-order chi connectivity index (χ0) is 31.6. The Morgan fingerprint density at radius 3 is 2.02 bits per heavy atom. The number of H-pyrrole nitrogens is 1. The molecule has 0 amide bonds. The lowest BCUT2D eigenvalue weighted by molar-refractivity contribution is -0.146. The van der Waals surface area contributed by atoms with Crippen LogP contribution in [0.2, 0.25) is 10.0 Å². The standard InChI is InChI=1S/C34H51Cl2N5O3/c1-4-5-6-7-8-9-10-11-12-13-14-15-16-17-18-19-22-43-34(42)32(26(2)3)37-25-44-31-24-30-38-39-33(41(30)40-31)27-20-21-28(35)29(36)23-27/h20-21,23-26,32,40H,4-19,22H2,1-3H3. The summed E-state index contributed by atoms with van der Waals surface area (Å²) in [5, 5.41) is 12.3. The largest absolute Gasteiger partial charge is 0.464 e. The number of fused-ring (bicyclic) bond motifs is 1. The quantitative estimate of drug-likeness (QED) is 0.0478. The van der Waals surface area contributed by atoms with E-state index in [2.05, 4.69) is 27.2 Å². The molecule has 0 radical (unpaired) electrons. The fraction of sp³-hybridized carbons (Fsp3) is 0.647. The second-order valence-electron chi connectivity index (χ2n) is 12.0. The lowest BCUT2D eigenvalue weighted by atomic mass is 10.0. The van der Waals surface area contributed by atoms with Crippen LogP contribution in [0.3, 0.4) is 0 Å². The summed E-state index contributed by atoms with van der Waals surface area (Å²) in [5.74, 6) is 0.611. The Balaban J connectivity index is 1.27. The van der Waals surface area contributed by atoms with Crippen LogP contribution in [0.25, 0.3) is 17.0 Å². The highest BCUT2D eigenvalue weighted by atomic mass is 35.5. The van der Waals surface area contributed by atoms with Gasteiger partial charge in [0.1, 0.15) is 0 Å². The molecule has 2 heterocycles. The highest BCUT2D eigenvalue weighted by molar-refractivity contribution is 6.42. The molecule has 3 rings (SSSR count). The number of esters is 1. The summed E-state index contributed by atoms with van der Waals surface area (Å²) in [6, 6.07) is 6.30. The van der Waals surface area contributed by atoms with Gasteiger partial charge in [-0.15, -0.1) is 10.2 Å². The monoisotopic (exact) mass is 647 g/mol. The van der Waals surface area contributed by atoms with Crippen LogP contribution >= 0.6 is 23.2 Å². The molecule has 0 aliphatic rings. The molecular weight excluding hydrogens is 597 g/mol. The van der Waals surface area contributed by atoms with Crippen molar-refractivity contribution in [1.82, 2.24) is 19.8 Å². The number of nitrogens with zero attached hydrogens (tertiary/aromatic N) is 4. The Labute approximate surface area is 273 Å². The first-order chi connectivity index (χ1) is 21.4. The predicted octanol–water partition coefficient (Wildman–Crippen LogP) is 10.3. The van der Waals surface area contributed by atoms with Gasteiger partial charge in [0.2, 0.25) is 5.88 Å². The number of aliphatic imine (C=N–C) groups is 1. The minimum Gasteiger partial charge on any atom is -0.464 e. The molecule has 0 saturated carbocycles. The van der Waals surface area contributed by atoms with Crippen molar-refractivity contribution in [3.05, 3.63) is 34.3 Å². The maximum absolute atomic E-state index is 12.7. The van der Waals surface area contributed by atoms with Gasteiger partial charge in [-0.05, 0) is 30.5 Å². The fourth-order valence-electron chi connectivity index (χ4n) is 5.21. The molecule has 8 nitrogen and oxygen atoms in total. The molecular formula is C34H51Cl2N5O3. The van der Waals surface area contributed by atoms with Crippen LogP contribution in [0.1, 0.15) is 124 Å². The number of unbranched alkanes of at least 4 members (excludes halogenated alkanes) is 15. The Bertz CT molecular complexity index is 1270. The summed E-state index contributed by atoms with van der Waals surface area (Å²) < 4.78 is 12.9. The molecule has 1 unspecified atom stereocenters. The van der Waals surface area contributed by atoms with E-state index in [-0.39, 0.29) is 11.9 Å². The van der Waals surface area contributed by atoms with Crippen LogP contribution in [-0.4, -0.2) is 44.8 Å². The van der Waals surface area contributed by atoms with Crippen molar-refractivity contribution in [2.45, 2.75) is 130 Å². The minimum absolute atomic E-state index is 0.0282. The molecule has 1 aromatic carbocycles. The number of aromatic nitrogens is 4. The van der Waals surface area contributed by atoms with Gasteiger partial charge >= 0.3 is 5.97 Å². The minimum atomic E-state index is -0.636. The summed E-state index contributed by atoms with van der Waals surface area (Å²) in [6.07, 6.45) is 22.3. The zero-order valence-electron chi connectivity index (χ0n) is 26.8. The van der Waals surface area contributed by atoms with Crippen molar-refractivity contribution in [1.29, 1.82) is 0 Å². The number of hydrogen-bond donors (Lipinski definition) is 1. The van der Waals surface area contributed by atoms with Gasteiger partial charge in [-0.2, -0.15) is 0 Å². The molecule has 0 bridgehead atoms. The summed E-state index contributed by atoms with van der Waals surface area (Å²) in [7, 11) is 0. The molecule has 0 spiro atoms. The molecule has 3 aromatic rings. The van der Waals surface area contributed by atoms with Crippen LogP contribution < -0.4 is 4.74 Å². The van der Waals surface area contributed by atoms with Crippen LogP contribution in [0.4, 0.5) is 0 Å². The number of halogens is 2. The summed E-state index contributed by atoms with van der Waals surface area (Å²) >= 11 is 12.2. The van der Waals surface area contributed by atoms with Gasteiger partial charge in [0.15, 0.2) is 23.9 Å². The van der Waals surface area contributed by atoms with Crippen molar-refractivity contribution in [2.75, 3.05) is 6.61 Å². The number of rotatable bonds is 23. The van der Waals surface area contributed by atoms with E-state index in [1.807, 2.05) is 19.9 Å². The first-order valence-electron chi connectivity index (χ1n) is 16.6. The fourth-order valence-corrected chi connectivity index (χ4v) is 5.51. The molecule has 0 saturated heterocycles. The second-order valence-corrected chi connectivity index (χ2v) is 12.8. The number of benzene rings is 1. The first kappa shape index (κ1) is 35.9. The van der Waals surface area contributed by atoms with Gasteiger partial charge in [-0.25, -0.2) is 14.3 Å². The maximum atomic E-state index is 12.7. The van der Waals surface area contributed by atoms with Gasteiger partial charge in [0, 0.05) is 11.6 Å². The van der Waals surface area contributed by atoms with E-state index in [1.54, 1.807) is 22.7 Å². The van der Waals surface area contributed by atoms with E-state index in [1.165, 1.54) is 96.3 Å². The second kappa shape index (κ2) is 20.5. The van der Waals surface area contributed by atoms with E-state index in [0.29, 0.717) is 34.0 Å². The Hall–Kier alpha value is -2.58. The molecule has 0 fully saturated rings. The third-order valence-corrected chi connectivity index (χ3v) is 8.60. The highest BCUT2D eigenvalue weighted by Crippen LogP contribution is 2.28. The summed E-state index contributed by atoms with van der Waals surface area (Å²) in [6.45, 7) is 6.58. The summed E-state index contributed by atoms with van der Waals surface area (Å²) in [4.78, 5) is 17.0. The first-order valence-corrected chi connectivity index (χ1v) is 17.4. The SMILES string of the molecule is CCCCCCCCCCCCCCCCCCOC(=O)C(N=COc1cc2nnc(-c3ccc(Cl)c(Cl)c3)n2[nH]1)C(C)C. The molecule has 44 heavy (non-hydrogen) atoms. The van der Waals surface area contributed by atoms with E-state index < -0.39 is 6.04 Å². The van der Waals surface area contributed by atoms with Crippen LogP contribution in [0.15, 0.2) is 29.3 Å². The smallest absolute Gasteiger partial charge is 0.331 e. The topological polar surface area (TPSA) is 93.9 Å². The molecule has 244 valence electrons. The van der Waals surface area contributed by atoms with Crippen molar-refractivity contribution in [3.8, 4) is 17.3 Å². The molecule has 0 aliphatic heterocycles. The number of carbonyl (C=O) groups is 1. The third kappa shape index (κ3) is 12.4. The average molecular weight is 649 g/mol. The lowest BCUT2D eigenvalue weighted by Crippen LogP contribution is -2.27. The van der Waals surface area contributed by atoms with E-state index >= 15 is 0 Å². The zero-order valence-corrected chi connectivity index (χ0v) is 28.3. The molecule has 0 aliphatic carbocycles. The number of hydrogen-bond acceptors (Lipinski definition) is 6.